The Hall–Kier alpha value is -3.12. The molecule has 1 fully saturated rings. The van der Waals surface area contributed by atoms with Gasteiger partial charge in [0, 0.05) is 22.7 Å². The predicted molar refractivity (Wildman–Crippen MR) is 128 cm³/mol. The highest BCUT2D eigenvalue weighted by molar-refractivity contribution is 7.10. The van der Waals surface area contributed by atoms with E-state index in [1.807, 2.05) is 72.1 Å². The number of nitrogens with one attached hydrogen (secondary N) is 1. The molecule has 2 aromatic carbocycles. The number of hydrogen-bond acceptors (Lipinski definition) is 4. The molecular weight excluding hydrogens is 420 g/mol. The van der Waals surface area contributed by atoms with Crippen molar-refractivity contribution in [3.63, 3.8) is 0 Å². The second-order valence-corrected chi connectivity index (χ2v) is 9.06. The van der Waals surface area contributed by atoms with E-state index in [0.717, 1.165) is 36.1 Å². The van der Waals surface area contributed by atoms with E-state index < -0.39 is 6.04 Å². The molecule has 32 heavy (non-hydrogen) atoms. The zero-order chi connectivity index (χ0) is 22.3. The number of thiophene rings is 1. The third-order valence-corrected chi connectivity index (χ3v) is 6.71. The lowest BCUT2D eigenvalue weighted by Crippen LogP contribution is -2.46. The van der Waals surface area contributed by atoms with Gasteiger partial charge in [0.15, 0.2) is 0 Å². The van der Waals surface area contributed by atoms with E-state index in [2.05, 4.69) is 5.32 Å². The highest BCUT2D eigenvalue weighted by atomic mass is 32.1. The number of ether oxygens (including phenoxy) is 1. The summed E-state index contributed by atoms with van der Waals surface area (Å²) in [5, 5.41) is 5.17. The topological polar surface area (TPSA) is 58.6 Å². The quantitative estimate of drug-likeness (QED) is 0.520. The van der Waals surface area contributed by atoms with Crippen LogP contribution in [-0.4, -0.2) is 25.0 Å². The van der Waals surface area contributed by atoms with Crippen LogP contribution in [0.25, 0.3) is 0 Å². The normalized spacial score (nSPS) is 14.7. The number of rotatable bonds is 8. The van der Waals surface area contributed by atoms with Gasteiger partial charge in [-0.1, -0.05) is 55.3 Å². The molecule has 1 heterocycles. The Bertz CT molecular complexity index is 1030. The van der Waals surface area contributed by atoms with Crippen molar-refractivity contribution in [1.82, 2.24) is 5.32 Å². The van der Waals surface area contributed by atoms with E-state index >= 15 is 0 Å². The Balaban J connectivity index is 1.75. The fourth-order valence-electron chi connectivity index (χ4n) is 4.25. The molecule has 0 spiro atoms. The molecule has 6 heteroatoms. The van der Waals surface area contributed by atoms with Crippen molar-refractivity contribution >= 4 is 28.8 Å². The molecule has 0 saturated heterocycles. The third-order valence-electron chi connectivity index (χ3n) is 5.83. The fourth-order valence-corrected chi connectivity index (χ4v) is 4.94. The van der Waals surface area contributed by atoms with Crippen LogP contribution in [0.3, 0.4) is 0 Å². The summed E-state index contributed by atoms with van der Waals surface area (Å²) in [4.78, 5) is 29.9. The molecule has 1 aliphatic rings. The Morgan fingerprint density at radius 2 is 1.84 bits per heavy atom. The van der Waals surface area contributed by atoms with E-state index in [-0.39, 0.29) is 24.3 Å². The van der Waals surface area contributed by atoms with Gasteiger partial charge in [-0.3, -0.25) is 14.5 Å². The maximum Gasteiger partial charge on any atom is 0.248 e. The van der Waals surface area contributed by atoms with E-state index in [4.69, 9.17) is 4.74 Å². The summed E-state index contributed by atoms with van der Waals surface area (Å²) in [5.74, 6) is 0.362. The smallest absolute Gasteiger partial charge is 0.248 e. The van der Waals surface area contributed by atoms with Gasteiger partial charge in [0.1, 0.15) is 11.8 Å². The maximum absolute atomic E-state index is 13.7. The predicted octanol–water partition coefficient (Wildman–Crippen LogP) is 5.13. The zero-order valence-electron chi connectivity index (χ0n) is 18.2. The van der Waals surface area contributed by atoms with Gasteiger partial charge >= 0.3 is 0 Å². The number of methoxy groups -OCH3 is 1. The van der Waals surface area contributed by atoms with E-state index in [9.17, 15) is 9.59 Å². The molecule has 3 aromatic rings. The molecule has 166 valence electrons. The Labute approximate surface area is 193 Å². The number of hydrogen-bond donors (Lipinski definition) is 1. The first kappa shape index (κ1) is 22.1. The van der Waals surface area contributed by atoms with Crippen LogP contribution in [0, 0.1) is 0 Å². The van der Waals surface area contributed by atoms with Crippen LogP contribution < -0.4 is 15.0 Å². The lowest BCUT2D eigenvalue weighted by atomic mass is 10.0. The molecule has 4 rings (SSSR count). The van der Waals surface area contributed by atoms with Crippen molar-refractivity contribution in [3.05, 3.63) is 82.6 Å². The SMILES string of the molecule is COc1cccc(N(C(=O)Cc2cccs2)C(C(=O)NC2CCCC2)c2ccccc2)c1. The highest BCUT2D eigenvalue weighted by Crippen LogP contribution is 2.32. The summed E-state index contributed by atoms with van der Waals surface area (Å²) in [6.07, 6.45) is 4.44. The van der Waals surface area contributed by atoms with Gasteiger partial charge in [0.25, 0.3) is 0 Å². The van der Waals surface area contributed by atoms with Gasteiger partial charge < -0.3 is 10.1 Å². The summed E-state index contributed by atoms with van der Waals surface area (Å²) < 4.78 is 5.41. The van der Waals surface area contributed by atoms with Gasteiger partial charge in [-0.15, -0.1) is 11.3 Å². The van der Waals surface area contributed by atoms with Crippen molar-refractivity contribution in [2.24, 2.45) is 0 Å². The molecule has 0 aliphatic heterocycles. The second kappa shape index (κ2) is 10.5. The molecule has 1 saturated carbocycles. The van der Waals surface area contributed by atoms with Crippen LogP contribution in [0.5, 0.6) is 5.75 Å². The maximum atomic E-state index is 13.7. The Kier molecular flexibility index (Phi) is 7.22. The minimum absolute atomic E-state index is 0.129. The Morgan fingerprint density at radius 1 is 1.06 bits per heavy atom. The van der Waals surface area contributed by atoms with Crippen LogP contribution in [-0.2, 0) is 16.0 Å². The van der Waals surface area contributed by atoms with Gasteiger partial charge in [-0.05, 0) is 42.0 Å². The third kappa shape index (κ3) is 5.19. The average molecular weight is 449 g/mol. The summed E-state index contributed by atoms with van der Waals surface area (Å²) >= 11 is 1.54. The minimum Gasteiger partial charge on any atom is -0.497 e. The summed E-state index contributed by atoms with van der Waals surface area (Å²) in [5.41, 5.74) is 1.42. The first-order chi connectivity index (χ1) is 15.7. The summed E-state index contributed by atoms with van der Waals surface area (Å²) in [6.45, 7) is 0. The molecule has 1 unspecified atom stereocenters. The lowest BCUT2D eigenvalue weighted by molar-refractivity contribution is -0.127. The second-order valence-electron chi connectivity index (χ2n) is 8.02. The molecule has 1 N–H and O–H groups in total. The largest absolute Gasteiger partial charge is 0.497 e. The molecule has 5 nitrogen and oxygen atoms in total. The summed E-state index contributed by atoms with van der Waals surface area (Å²) in [6, 6.07) is 20.2. The molecule has 1 aromatic heterocycles. The highest BCUT2D eigenvalue weighted by Gasteiger charge is 2.34. The number of benzene rings is 2. The van der Waals surface area contributed by atoms with E-state index in [0.29, 0.717) is 11.4 Å². The molecule has 2 amide bonds. The number of carbonyl (C=O) groups excluding carboxylic acids is 2. The number of nitrogens with zero attached hydrogens (tertiary/aromatic N) is 1. The molecule has 0 radical (unpaired) electrons. The van der Waals surface area contributed by atoms with Crippen molar-refractivity contribution in [3.8, 4) is 5.75 Å². The minimum atomic E-state index is -0.767. The monoisotopic (exact) mass is 448 g/mol. The van der Waals surface area contributed by atoms with Crippen LogP contribution in [0.2, 0.25) is 0 Å². The van der Waals surface area contributed by atoms with Crippen molar-refractivity contribution < 1.29 is 14.3 Å². The van der Waals surface area contributed by atoms with Gasteiger partial charge in [-0.25, -0.2) is 0 Å². The summed E-state index contributed by atoms with van der Waals surface area (Å²) in [7, 11) is 1.60. The number of anilines is 1. The van der Waals surface area contributed by atoms with Gasteiger partial charge in [0.05, 0.1) is 13.5 Å². The van der Waals surface area contributed by atoms with Crippen LogP contribution >= 0.6 is 11.3 Å². The van der Waals surface area contributed by atoms with Crippen LogP contribution in [0.15, 0.2) is 72.1 Å². The molecule has 1 aliphatic carbocycles. The number of carbonyl (C=O) groups is 2. The number of amides is 2. The zero-order valence-corrected chi connectivity index (χ0v) is 19.0. The molecule has 1 atom stereocenters. The van der Waals surface area contributed by atoms with E-state index in [1.54, 1.807) is 23.3 Å². The fraction of sp³-hybridized carbons (Fsp3) is 0.308. The lowest BCUT2D eigenvalue weighted by Gasteiger charge is -2.32. The van der Waals surface area contributed by atoms with Gasteiger partial charge in [0.2, 0.25) is 11.8 Å². The van der Waals surface area contributed by atoms with Crippen molar-refractivity contribution in [2.45, 2.75) is 44.2 Å². The van der Waals surface area contributed by atoms with Gasteiger partial charge in [-0.2, -0.15) is 0 Å². The van der Waals surface area contributed by atoms with Crippen molar-refractivity contribution in [2.75, 3.05) is 12.0 Å². The average Bonchev–Trinajstić information content (AvgIpc) is 3.52. The first-order valence-electron chi connectivity index (χ1n) is 11.0. The molecule has 0 bridgehead atoms. The molecular formula is C26H28N2O3S. The van der Waals surface area contributed by atoms with Crippen LogP contribution in [0.4, 0.5) is 5.69 Å². The van der Waals surface area contributed by atoms with Crippen LogP contribution in [0.1, 0.15) is 42.2 Å². The first-order valence-corrected chi connectivity index (χ1v) is 11.9. The van der Waals surface area contributed by atoms with Crippen molar-refractivity contribution in [1.29, 1.82) is 0 Å². The standard InChI is InChI=1S/C26H28N2O3S/c1-31-22-14-7-13-21(17-22)28(24(29)18-23-15-8-16-32-23)25(19-9-3-2-4-10-19)26(30)27-20-11-5-6-12-20/h2-4,7-10,13-17,20,25H,5-6,11-12,18H2,1H3,(H,27,30). The Morgan fingerprint density at radius 3 is 2.53 bits per heavy atom. The van der Waals surface area contributed by atoms with E-state index in [1.165, 1.54) is 0 Å².